The fourth-order valence-electron chi connectivity index (χ4n) is 2.30. The van der Waals surface area contributed by atoms with Gasteiger partial charge in [-0.15, -0.1) is 0 Å². The van der Waals surface area contributed by atoms with Gasteiger partial charge in [-0.3, -0.25) is 0 Å². The van der Waals surface area contributed by atoms with Crippen molar-refractivity contribution in [3.05, 3.63) is 34.9 Å². The van der Waals surface area contributed by atoms with Gasteiger partial charge >= 0.3 is 0 Å². The summed E-state index contributed by atoms with van der Waals surface area (Å²) >= 11 is 5.87. The van der Waals surface area contributed by atoms with E-state index in [4.69, 9.17) is 16.3 Å². The zero-order valence-electron chi connectivity index (χ0n) is 9.58. The molecule has 2 nitrogen and oxygen atoms in total. The Balaban J connectivity index is 1.99. The second-order valence-corrected chi connectivity index (χ2v) is 4.79. The number of hydrogen-bond donors (Lipinski definition) is 1. The minimum atomic E-state index is 0.569. The van der Waals surface area contributed by atoms with Crippen molar-refractivity contribution < 1.29 is 4.74 Å². The van der Waals surface area contributed by atoms with Crippen LogP contribution in [0, 0.1) is 5.92 Å². The van der Waals surface area contributed by atoms with Crippen LogP contribution in [0.2, 0.25) is 5.02 Å². The molecule has 0 saturated carbocycles. The van der Waals surface area contributed by atoms with E-state index in [1.165, 1.54) is 5.56 Å². The fourth-order valence-corrected chi connectivity index (χ4v) is 2.43. The van der Waals surface area contributed by atoms with Crippen LogP contribution in [0.15, 0.2) is 24.3 Å². The first kappa shape index (κ1) is 11.9. The van der Waals surface area contributed by atoms with Crippen LogP contribution >= 0.6 is 11.6 Å². The van der Waals surface area contributed by atoms with Crippen molar-refractivity contribution in [3.63, 3.8) is 0 Å². The van der Waals surface area contributed by atoms with Gasteiger partial charge in [-0.05, 0) is 37.6 Å². The van der Waals surface area contributed by atoms with E-state index in [2.05, 4.69) is 17.4 Å². The van der Waals surface area contributed by atoms with Crippen LogP contribution < -0.4 is 5.32 Å². The predicted molar refractivity (Wildman–Crippen MR) is 66.9 cm³/mol. The summed E-state index contributed by atoms with van der Waals surface area (Å²) in [6, 6.07) is 8.68. The Morgan fingerprint density at radius 2 is 2.12 bits per heavy atom. The molecular weight excluding hydrogens is 222 g/mol. The molecule has 1 fully saturated rings. The van der Waals surface area contributed by atoms with Crippen LogP contribution in [0.1, 0.15) is 12.0 Å². The summed E-state index contributed by atoms with van der Waals surface area (Å²) in [4.78, 5) is 0. The summed E-state index contributed by atoms with van der Waals surface area (Å²) in [7, 11) is 2.03. The highest BCUT2D eigenvalue weighted by Crippen LogP contribution is 2.20. The Morgan fingerprint density at radius 1 is 1.38 bits per heavy atom. The average Bonchev–Trinajstić information content (AvgIpc) is 2.33. The molecule has 1 aromatic carbocycles. The molecule has 0 aliphatic carbocycles. The molecule has 1 heterocycles. The smallest absolute Gasteiger partial charge is 0.0512 e. The van der Waals surface area contributed by atoms with Crippen molar-refractivity contribution >= 4 is 11.6 Å². The van der Waals surface area contributed by atoms with Crippen molar-refractivity contribution in [2.45, 2.75) is 18.9 Å². The molecule has 0 amide bonds. The van der Waals surface area contributed by atoms with Crippen LogP contribution in [-0.4, -0.2) is 26.3 Å². The van der Waals surface area contributed by atoms with Crippen molar-refractivity contribution in [2.75, 3.05) is 20.3 Å². The quantitative estimate of drug-likeness (QED) is 0.875. The zero-order valence-corrected chi connectivity index (χ0v) is 10.3. The molecule has 2 atom stereocenters. The van der Waals surface area contributed by atoms with Crippen molar-refractivity contribution in [1.29, 1.82) is 0 Å². The summed E-state index contributed by atoms with van der Waals surface area (Å²) < 4.78 is 5.54. The van der Waals surface area contributed by atoms with Gasteiger partial charge in [0.25, 0.3) is 0 Å². The number of benzene rings is 1. The lowest BCUT2D eigenvalue weighted by Gasteiger charge is -2.31. The minimum absolute atomic E-state index is 0.569. The maximum Gasteiger partial charge on any atom is 0.0512 e. The predicted octanol–water partition coefficient (Wildman–Crippen LogP) is 2.51. The monoisotopic (exact) mass is 239 g/mol. The highest BCUT2D eigenvalue weighted by Gasteiger charge is 2.24. The third-order valence-corrected chi connectivity index (χ3v) is 3.51. The zero-order chi connectivity index (χ0) is 11.4. The number of hydrogen-bond acceptors (Lipinski definition) is 2. The van der Waals surface area contributed by atoms with Gasteiger partial charge in [-0.25, -0.2) is 0 Å². The lowest BCUT2D eigenvalue weighted by Crippen LogP contribution is -2.41. The first-order valence-corrected chi connectivity index (χ1v) is 6.17. The number of nitrogens with one attached hydrogen (secondary N) is 1. The molecule has 3 heteroatoms. The van der Waals surface area contributed by atoms with E-state index in [1.54, 1.807) is 0 Å². The van der Waals surface area contributed by atoms with Crippen molar-refractivity contribution in [3.8, 4) is 0 Å². The van der Waals surface area contributed by atoms with Crippen molar-refractivity contribution in [2.24, 2.45) is 5.92 Å². The first-order valence-electron chi connectivity index (χ1n) is 5.79. The van der Waals surface area contributed by atoms with E-state index >= 15 is 0 Å². The molecule has 0 spiro atoms. The standard InChI is InChI=1S/C13H18ClNO/c1-15-13-6-7-16-9-11(13)8-10-2-4-12(14)5-3-10/h2-5,11,13,15H,6-9H2,1H3/t11-,13+/m0/s1. The van der Waals surface area contributed by atoms with Gasteiger partial charge in [-0.2, -0.15) is 0 Å². The Hall–Kier alpha value is -0.570. The fraction of sp³-hybridized carbons (Fsp3) is 0.538. The Kier molecular flexibility index (Phi) is 4.22. The van der Waals surface area contributed by atoms with Gasteiger partial charge in [0, 0.05) is 23.6 Å². The van der Waals surface area contributed by atoms with Crippen LogP contribution in [0.4, 0.5) is 0 Å². The normalized spacial score (nSPS) is 25.6. The van der Waals surface area contributed by atoms with Gasteiger partial charge in [0.2, 0.25) is 0 Å². The number of rotatable bonds is 3. The van der Waals surface area contributed by atoms with E-state index in [0.717, 1.165) is 31.1 Å². The lowest BCUT2D eigenvalue weighted by molar-refractivity contribution is 0.0342. The lowest BCUT2D eigenvalue weighted by atomic mass is 9.89. The molecule has 88 valence electrons. The molecule has 1 saturated heterocycles. The van der Waals surface area contributed by atoms with E-state index in [9.17, 15) is 0 Å². The van der Waals surface area contributed by atoms with Gasteiger partial charge in [0.05, 0.1) is 6.61 Å². The van der Waals surface area contributed by atoms with E-state index in [1.807, 2.05) is 19.2 Å². The van der Waals surface area contributed by atoms with Gasteiger partial charge in [0.1, 0.15) is 0 Å². The van der Waals surface area contributed by atoms with Gasteiger partial charge < -0.3 is 10.1 Å². The average molecular weight is 240 g/mol. The van der Waals surface area contributed by atoms with E-state index in [0.29, 0.717) is 12.0 Å². The summed E-state index contributed by atoms with van der Waals surface area (Å²) in [6.07, 6.45) is 2.16. The second kappa shape index (κ2) is 5.67. The van der Waals surface area contributed by atoms with Gasteiger partial charge in [-0.1, -0.05) is 23.7 Å². The minimum Gasteiger partial charge on any atom is -0.381 e. The maximum atomic E-state index is 5.87. The van der Waals surface area contributed by atoms with Crippen LogP contribution in [0.3, 0.4) is 0 Å². The summed E-state index contributed by atoms with van der Waals surface area (Å²) in [5.41, 5.74) is 1.33. The molecule has 1 aromatic rings. The molecule has 1 aliphatic rings. The molecule has 1 aliphatic heterocycles. The molecule has 0 radical (unpaired) electrons. The third kappa shape index (κ3) is 2.97. The Morgan fingerprint density at radius 3 is 2.81 bits per heavy atom. The number of halogens is 1. The second-order valence-electron chi connectivity index (χ2n) is 4.35. The summed E-state index contributed by atoms with van der Waals surface area (Å²) in [6.45, 7) is 1.73. The van der Waals surface area contributed by atoms with Crippen molar-refractivity contribution in [1.82, 2.24) is 5.32 Å². The Bertz CT molecular complexity index is 325. The molecule has 0 unspecified atom stereocenters. The highest BCUT2D eigenvalue weighted by molar-refractivity contribution is 6.30. The van der Waals surface area contributed by atoms with Crippen LogP contribution in [0.25, 0.3) is 0 Å². The van der Waals surface area contributed by atoms with Crippen LogP contribution in [-0.2, 0) is 11.2 Å². The van der Waals surface area contributed by atoms with Crippen LogP contribution in [0.5, 0.6) is 0 Å². The Labute approximate surface area is 102 Å². The number of ether oxygens (including phenoxy) is 1. The van der Waals surface area contributed by atoms with E-state index < -0.39 is 0 Å². The molecular formula is C13H18ClNO. The summed E-state index contributed by atoms with van der Waals surface area (Å²) in [5, 5.41) is 4.18. The molecule has 0 bridgehead atoms. The summed E-state index contributed by atoms with van der Waals surface area (Å²) in [5.74, 6) is 0.569. The largest absolute Gasteiger partial charge is 0.381 e. The SMILES string of the molecule is CN[C@@H]1CCOC[C@@H]1Cc1ccc(Cl)cc1. The molecule has 0 aromatic heterocycles. The molecule has 2 rings (SSSR count). The topological polar surface area (TPSA) is 21.3 Å². The maximum absolute atomic E-state index is 5.87. The molecule has 1 N–H and O–H groups in total. The molecule has 16 heavy (non-hydrogen) atoms. The first-order chi connectivity index (χ1) is 7.79. The highest BCUT2D eigenvalue weighted by atomic mass is 35.5. The van der Waals surface area contributed by atoms with E-state index in [-0.39, 0.29) is 0 Å². The van der Waals surface area contributed by atoms with Gasteiger partial charge in [0.15, 0.2) is 0 Å². The third-order valence-electron chi connectivity index (χ3n) is 3.26.